The van der Waals surface area contributed by atoms with Crippen LogP contribution in [0.25, 0.3) is 11.1 Å². The molecule has 14 heteroatoms. The lowest BCUT2D eigenvalue weighted by Gasteiger charge is -2.36. The van der Waals surface area contributed by atoms with Gasteiger partial charge in [0.25, 0.3) is 0 Å². The lowest BCUT2D eigenvalue weighted by atomic mass is 9.86. The summed E-state index contributed by atoms with van der Waals surface area (Å²) in [6.45, 7) is 2.46. The van der Waals surface area contributed by atoms with Gasteiger partial charge in [-0.1, -0.05) is 96.0 Å². The number of hydrogen-bond acceptors (Lipinski definition) is 7. The summed E-state index contributed by atoms with van der Waals surface area (Å²) in [7, 11) is -6.22. The molecule has 0 spiro atoms. The van der Waals surface area contributed by atoms with E-state index in [0.717, 1.165) is 61.1 Å². The van der Waals surface area contributed by atoms with Gasteiger partial charge < -0.3 is 15.8 Å². The van der Waals surface area contributed by atoms with E-state index in [-0.39, 0.29) is 41.0 Å². The van der Waals surface area contributed by atoms with Crippen LogP contribution in [0.15, 0.2) is 97.1 Å². The molecule has 3 aliphatic carbocycles. The number of sulfonamides is 2. The van der Waals surface area contributed by atoms with Gasteiger partial charge in [0.05, 0.1) is 10.5 Å². The number of ether oxygens (including phenoxy) is 1. The molecular formula is C47H56Cl2N4O6S2. The van der Waals surface area contributed by atoms with E-state index >= 15 is 0 Å². The fourth-order valence-electron chi connectivity index (χ4n) is 9.39. The van der Waals surface area contributed by atoms with Crippen molar-refractivity contribution in [1.82, 2.24) is 13.9 Å². The number of amides is 1. The molecule has 61 heavy (non-hydrogen) atoms. The standard InChI is InChI=1S/C31H33ClN2O4S.C16H23ClN2O2S/c32-23-7-5-6-21(18-23)19-30(22-14-16-34(17-15-22)39(36,37)24-12-13-24)33-31(35)38-20-29-27-10-3-1-8-25(27)26-9-2-4-11-28(26)29;17-14-3-1-2-12(10-14)11-16(18)13-6-8-19(9-7-13)22(20,21)15-4-5-15/h1-11,18,22,24,29-30H,12-17,19-20H2,(H,33,35);1-3,10,13,15-16H,4-9,11,18H2. The third-order valence-corrected chi connectivity index (χ3v) is 18.4. The number of piperidine rings is 2. The summed E-state index contributed by atoms with van der Waals surface area (Å²) in [6.07, 6.45) is 7.24. The third-order valence-electron chi connectivity index (χ3n) is 13.1. The van der Waals surface area contributed by atoms with Gasteiger partial charge in [-0.2, -0.15) is 0 Å². The molecule has 0 aromatic heterocycles. The van der Waals surface area contributed by atoms with Crippen molar-refractivity contribution < 1.29 is 26.4 Å². The second-order valence-electron chi connectivity index (χ2n) is 17.4. The minimum atomic E-state index is -3.19. The Balaban J connectivity index is 0.000000198. The maximum absolute atomic E-state index is 13.2. The molecule has 1 amide bonds. The van der Waals surface area contributed by atoms with E-state index < -0.39 is 26.1 Å². The molecule has 326 valence electrons. The lowest BCUT2D eigenvalue weighted by Crippen LogP contribution is -2.48. The molecule has 4 fully saturated rings. The highest BCUT2D eigenvalue weighted by atomic mass is 35.5. The van der Waals surface area contributed by atoms with Crippen LogP contribution in [0.4, 0.5) is 4.79 Å². The molecule has 2 aliphatic heterocycles. The van der Waals surface area contributed by atoms with Crippen molar-refractivity contribution >= 4 is 49.3 Å². The molecule has 10 nitrogen and oxygen atoms in total. The number of halogens is 2. The number of nitrogens with one attached hydrogen (secondary N) is 1. The van der Waals surface area contributed by atoms with Crippen molar-refractivity contribution in [2.45, 2.75) is 92.7 Å². The Morgan fingerprint density at radius 3 is 1.57 bits per heavy atom. The molecule has 2 atom stereocenters. The third kappa shape index (κ3) is 10.7. The smallest absolute Gasteiger partial charge is 0.407 e. The van der Waals surface area contributed by atoms with E-state index in [0.29, 0.717) is 56.4 Å². The van der Waals surface area contributed by atoms with Crippen LogP contribution in [0.3, 0.4) is 0 Å². The van der Waals surface area contributed by atoms with Crippen molar-refractivity contribution in [3.63, 3.8) is 0 Å². The second-order valence-corrected chi connectivity index (χ2v) is 22.7. The normalized spacial score (nSPS) is 20.2. The summed E-state index contributed by atoms with van der Waals surface area (Å²) >= 11 is 12.2. The molecule has 5 aliphatic rings. The second kappa shape index (κ2) is 19.1. The lowest BCUT2D eigenvalue weighted by molar-refractivity contribution is 0.129. The first-order chi connectivity index (χ1) is 29.4. The van der Waals surface area contributed by atoms with Crippen LogP contribution in [0.5, 0.6) is 0 Å². The minimum absolute atomic E-state index is 0.00889. The van der Waals surface area contributed by atoms with Crippen LogP contribution in [0, 0.1) is 11.8 Å². The van der Waals surface area contributed by atoms with Gasteiger partial charge in [-0.25, -0.2) is 30.2 Å². The number of rotatable bonds is 13. The Morgan fingerprint density at radius 2 is 1.10 bits per heavy atom. The van der Waals surface area contributed by atoms with Crippen molar-refractivity contribution in [2.24, 2.45) is 17.6 Å². The Hall–Kier alpha value is -3.49. The Bertz CT molecular complexity index is 2350. The highest BCUT2D eigenvalue weighted by Crippen LogP contribution is 2.44. The van der Waals surface area contributed by atoms with E-state index in [9.17, 15) is 21.6 Å². The molecule has 2 saturated carbocycles. The molecule has 3 N–H and O–H groups in total. The topological polar surface area (TPSA) is 139 Å². The zero-order valence-corrected chi connectivity index (χ0v) is 37.5. The zero-order valence-electron chi connectivity index (χ0n) is 34.4. The molecule has 2 unspecified atom stereocenters. The largest absolute Gasteiger partial charge is 0.449 e. The summed E-state index contributed by atoms with van der Waals surface area (Å²) < 4.78 is 59.1. The number of alkyl carbamates (subject to hydrolysis) is 1. The average Bonchev–Trinajstić information content (AvgIpc) is 4.20. The Kier molecular flexibility index (Phi) is 13.8. The number of carbonyl (C=O) groups excluding carboxylic acids is 1. The van der Waals surface area contributed by atoms with E-state index in [1.807, 2.05) is 72.8 Å². The highest BCUT2D eigenvalue weighted by Gasteiger charge is 2.43. The molecule has 0 radical (unpaired) electrons. The molecule has 4 aromatic rings. The fourth-order valence-corrected chi connectivity index (χ4v) is 13.6. The Morgan fingerprint density at radius 1 is 0.639 bits per heavy atom. The zero-order chi connectivity index (χ0) is 42.7. The molecule has 0 bridgehead atoms. The van der Waals surface area contributed by atoms with Gasteiger partial charge in [0.2, 0.25) is 20.0 Å². The van der Waals surface area contributed by atoms with Crippen LogP contribution >= 0.6 is 23.2 Å². The summed E-state index contributed by atoms with van der Waals surface area (Å²) in [5.41, 5.74) is 13.2. The van der Waals surface area contributed by atoms with E-state index in [1.165, 1.54) is 22.3 Å². The summed E-state index contributed by atoms with van der Waals surface area (Å²) in [6, 6.07) is 31.9. The number of fused-ring (bicyclic) bond motifs is 3. The van der Waals surface area contributed by atoms with Gasteiger partial charge >= 0.3 is 6.09 Å². The SMILES string of the molecule is NC(Cc1cccc(Cl)c1)C1CCN(S(=O)(=O)C2CC2)CC1.O=C(NC(Cc1cccc(Cl)c1)C1CCN(S(=O)(=O)C2CC2)CC1)OCC1c2ccccc2-c2ccccc21. The van der Waals surface area contributed by atoms with Crippen LogP contribution < -0.4 is 11.1 Å². The first-order valence-corrected chi connectivity index (χ1v) is 25.5. The van der Waals surface area contributed by atoms with E-state index in [4.69, 9.17) is 33.7 Å². The number of hydrogen-bond donors (Lipinski definition) is 2. The van der Waals surface area contributed by atoms with Crippen LogP contribution in [-0.4, -0.2) is 86.9 Å². The maximum atomic E-state index is 13.2. The maximum Gasteiger partial charge on any atom is 0.407 e. The molecular weight excluding hydrogens is 852 g/mol. The van der Waals surface area contributed by atoms with Crippen LogP contribution in [0.1, 0.15) is 79.5 Å². The average molecular weight is 908 g/mol. The predicted molar refractivity (Wildman–Crippen MR) is 243 cm³/mol. The Labute approximate surface area is 371 Å². The van der Waals surface area contributed by atoms with Crippen LogP contribution in [-0.2, 0) is 37.6 Å². The van der Waals surface area contributed by atoms with Crippen molar-refractivity contribution in [2.75, 3.05) is 32.8 Å². The van der Waals surface area contributed by atoms with E-state index in [2.05, 4.69) is 29.6 Å². The summed E-state index contributed by atoms with van der Waals surface area (Å²) in [5.74, 6) is 0.505. The summed E-state index contributed by atoms with van der Waals surface area (Å²) in [4.78, 5) is 13.2. The van der Waals surface area contributed by atoms with Gasteiger partial charge in [0.15, 0.2) is 0 Å². The predicted octanol–water partition coefficient (Wildman–Crippen LogP) is 8.41. The summed E-state index contributed by atoms with van der Waals surface area (Å²) in [5, 5.41) is 4.22. The minimum Gasteiger partial charge on any atom is -0.449 e. The van der Waals surface area contributed by atoms with Gasteiger partial charge in [-0.15, -0.1) is 0 Å². The molecule has 9 rings (SSSR count). The van der Waals surface area contributed by atoms with Gasteiger partial charge in [0, 0.05) is 54.2 Å². The quantitative estimate of drug-likeness (QED) is 0.137. The highest BCUT2D eigenvalue weighted by molar-refractivity contribution is 7.90. The fraction of sp³-hybridized carbons (Fsp3) is 0.468. The number of nitrogens with two attached hydrogens (primary N) is 1. The first-order valence-electron chi connectivity index (χ1n) is 21.7. The van der Waals surface area contributed by atoms with Gasteiger partial charge in [0.1, 0.15) is 6.61 Å². The number of benzene rings is 4. The van der Waals surface area contributed by atoms with Gasteiger partial charge in [-0.05, 0) is 134 Å². The first kappa shape index (κ1) is 44.1. The molecule has 4 aromatic carbocycles. The monoisotopic (exact) mass is 906 g/mol. The van der Waals surface area contributed by atoms with Crippen molar-refractivity contribution in [1.29, 1.82) is 0 Å². The molecule has 2 heterocycles. The number of carbonyl (C=O) groups is 1. The number of nitrogens with zero attached hydrogens (tertiary/aromatic N) is 2. The van der Waals surface area contributed by atoms with E-state index in [1.54, 1.807) is 8.61 Å². The van der Waals surface area contributed by atoms with Crippen LogP contribution in [0.2, 0.25) is 10.0 Å². The van der Waals surface area contributed by atoms with Crippen molar-refractivity contribution in [3.8, 4) is 11.1 Å². The van der Waals surface area contributed by atoms with Crippen molar-refractivity contribution in [3.05, 3.63) is 129 Å². The van der Waals surface area contributed by atoms with Gasteiger partial charge in [-0.3, -0.25) is 0 Å². The molecule has 2 saturated heterocycles.